The molecule has 4 fully saturated rings. The third kappa shape index (κ3) is 2.04. The molecule has 0 radical (unpaired) electrons. The topological polar surface area (TPSA) is 52.7 Å². The van der Waals surface area contributed by atoms with E-state index in [1.807, 2.05) is 18.7 Å². The third-order valence-corrected chi connectivity index (χ3v) is 5.19. The van der Waals surface area contributed by atoms with Crippen molar-refractivity contribution in [1.29, 1.82) is 0 Å². The number of nitrogens with one attached hydrogen (secondary N) is 1. The maximum Gasteiger partial charge on any atom is 0.248 e. The molecule has 5 heteroatoms. The molecule has 5 nitrogen and oxygen atoms in total. The lowest BCUT2D eigenvalue weighted by Crippen LogP contribution is -2.70. The van der Waals surface area contributed by atoms with Gasteiger partial charge in [-0.2, -0.15) is 0 Å². The summed E-state index contributed by atoms with van der Waals surface area (Å²) in [5, 5.41) is 2.86. The van der Waals surface area contributed by atoms with Crippen LogP contribution in [0, 0.1) is 5.92 Å². The maximum absolute atomic E-state index is 12.7. The van der Waals surface area contributed by atoms with Crippen LogP contribution in [0.4, 0.5) is 0 Å². The average Bonchev–Trinajstić information content (AvgIpc) is 2.44. The lowest BCUT2D eigenvalue weighted by molar-refractivity contribution is -0.156. The Kier molecular flexibility index (Phi) is 3.04. The molecule has 4 saturated heterocycles. The number of rotatable bonds is 2. The molecule has 4 rings (SSSR count). The van der Waals surface area contributed by atoms with E-state index in [4.69, 9.17) is 0 Å². The van der Waals surface area contributed by atoms with Gasteiger partial charge in [0.05, 0.1) is 6.54 Å². The molecule has 2 amide bonds. The van der Waals surface area contributed by atoms with Crippen LogP contribution >= 0.6 is 0 Å². The first-order chi connectivity index (χ1) is 9.03. The molecule has 0 aromatic carbocycles. The molecule has 106 valence electrons. The predicted molar refractivity (Wildman–Crippen MR) is 71.5 cm³/mol. The van der Waals surface area contributed by atoms with Gasteiger partial charge in [-0.25, -0.2) is 0 Å². The highest BCUT2D eigenvalue weighted by molar-refractivity contribution is 5.97. The molecule has 4 heterocycles. The van der Waals surface area contributed by atoms with Crippen molar-refractivity contribution in [1.82, 2.24) is 15.1 Å². The van der Waals surface area contributed by atoms with Gasteiger partial charge in [0.1, 0.15) is 5.54 Å². The van der Waals surface area contributed by atoms with Gasteiger partial charge in [-0.15, -0.1) is 0 Å². The Labute approximate surface area is 114 Å². The summed E-state index contributed by atoms with van der Waals surface area (Å²) in [6.45, 7) is 7.30. The van der Waals surface area contributed by atoms with E-state index in [1.54, 1.807) is 0 Å². The number of nitrogens with zero attached hydrogens (tertiary/aromatic N) is 2. The van der Waals surface area contributed by atoms with Crippen molar-refractivity contribution in [3.8, 4) is 0 Å². The Morgan fingerprint density at radius 1 is 1.32 bits per heavy atom. The summed E-state index contributed by atoms with van der Waals surface area (Å²) in [5.74, 6) is 0.676. The van der Waals surface area contributed by atoms with E-state index in [2.05, 4.69) is 10.2 Å². The quantitative estimate of drug-likeness (QED) is 0.776. The molecule has 4 aliphatic heterocycles. The van der Waals surface area contributed by atoms with E-state index < -0.39 is 5.54 Å². The molecule has 0 aromatic rings. The van der Waals surface area contributed by atoms with Crippen molar-refractivity contribution in [2.24, 2.45) is 5.92 Å². The summed E-state index contributed by atoms with van der Waals surface area (Å²) in [7, 11) is 0. The Morgan fingerprint density at radius 2 is 2.00 bits per heavy atom. The van der Waals surface area contributed by atoms with Crippen LogP contribution in [0.15, 0.2) is 0 Å². The summed E-state index contributed by atoms with van der Waals surface area (Å²) in [6.07, 6.45) is 2.98. The molecular formula is C14H23N3O2. The first-order valence-electron chi connectivity index (χ1n) is 7.38. The molecule has 2 unspecified atom stereocenters. The number of hydrogen-bond donors (Lipinski definition) is 1. The zero-order chi connectivity index (χ0) is 13.6. The van der Waals surface area contributed by atoms with E-state index >= 15 is 0 Å². The van der Waals surface area contributed by atoms with E-state index in [9.17, 15) is 9.59 Å². The molecule has 4 aliphatic rings. The third-order valence-electron chi connectivity index (χ3n) is 5.19. The molecule has 2 atom stereocenters. The fraction of sp³-hybridized carbons (Fsp3) is 0.857. The van der Waals surface area contributed by atoms with Crippen LogP contribution in [0.25, 0.3) is 0 Å². The minimum atomic E-state index is -0.707. The standard InChI is InChI=1S/C14H23N3O2/c1-3-14(2)13(19)17(9-12(18)15-14)11-8-16-6-4-10(11)5-7-16/h10-11H,3-9H2,1-2H3,(H,15,18). The van der Waals surface area contributed by atoms with Crippen molar-refractivity contribution < 1.29 is 9.59 Å². The minimum Gasteiger partial charge on any atom is -0.340 e. The zero-order valence-corrected chi connectivity index (χ0v) is 11.8. The second-order valence-electron chi connectivity index (χ2n) is 6.37. The Morgan fingerprint density at radius 3 is 2.53 bits per heavy atom. The molecule has 0 saturated carbocycles. The van der Waals surface area contributed by atoms with E-state index in [0.717, 1.165) is 19.6 Å². The van der Waals surface area contributed by atoms with Crippen molar-refractivity contribution in [2.45, 2.75) is 44.7 Å². The van der Waals surface area contributed by atoms with E-state index in [0.29, 0.717) is 12.3 Å². The predicted octanol–water partition coefficient (Wildman–Crippen LogP) is 0.208. The van der Waals surface area contributed by atoms with Crippen LogP contribution < -0.4 is 5.32 Å². The molecular weight excluding hydrogens is 242 g/mol. The second-order valence-corrected chi connectivity index (χ2v) is 6.37. The van der Waals surface area contributed by atoms with Gasteiger partial charge < -0.3 is 15.1 Å². The van der Waals surface area contributed by atoms with Crippen molar-refractivity contribution >= 4 is 11.8 Å². The average molecular weight is 265 g/mol. The highest BCUT2D eigenvalue weighted by atomic mass is 16.2. The van der Waals surface area contributed by atoms with Crippen LogP contribution in [0.5, 0.6) is 0 Å². The minimum absolute atomic E-state index is 0.0135. The molecule has 1 N–H and O–H groups in total. The molecule has 0 aliphatic carbocycles. The van der Waals surface area contributed by atoms with E-state index in [1.165, 1.54) is 12.8 Å². The monoisotopic (exact) mass is 265 g/mol. The Hall–Kier alpha value is -1.10. The largest absolute Gasteiger partial charge is 0.340 e. The second kappa shape index (κ2) is 4.47. The van der Waals surface area contributed by atoms with Gasteiger partial charge >= 0.3 is 0 Å². The first-order valence-corrected chi connectivity index (χ1v) is 7.38. The lowest BCUT2D eigenvalue weighted by atomic mass is 9.81. The normalized spacial score (nSPS) is 42.4. The number of fused-ring (bicyclic) bond motifs is 3. The lowest BCUT2D eigenvalue weighted by Gasteiger charge is -2.52. The molecule has 0 spiro atoms. The van der Waals surface area contributed by atoms with Crippen LogP contribution in [-0.4, -0.2) is 59.4 Å². The van der Waals surface area contributed by atoms with Crippen molar-refractivity contribution in [2.75, 3.05) is 26.2 Å². The fourth-order valence-electron chi connectivity index (χ4n) is 3.74. The van der Waals surface area contributed by atoms with Gasteiger partial charge in [0.2, 0.25) is 11.8 Å². The van der Waals surface area contributed by atoms with Crippen LogP contribution in [0.1, 0.15) is 33.1 Å². The number of hydrogen-bond acceptors (Lipinski definition) is 3. The van der Waals surface area contributed by atoms with Crippen LogP contribution in [0.3, 0.4) is 0 Å². The summed E-state index contributed by atoms with van der Waals surface area (Å²) >= 11 is 0. The number of amides is 2. The van der Waals surface area contributed by atoms with Gasteiger partial charge in [0, 0.05) is 12.6 Å². The molecule has 0 aromatic heterocycles. The van der Waals surface area contributed by atoms with Gasteiger partial charge in [-0.1, -0.05) is 6.92 Å². The molecule has 2 bridgehead atoms. The number of carbonyl (C=O) groups excluding carboxylic acids is 2. The summed E-state index contributed by atoms with van der Waals surface area (Å²) < 4.78 is 0. The maximum atomic E-state index is 12.7. The van der Waals surface area contributed by atoms with Gasteiger partial charge in [-0.05, 0) is 45.2 Å². The zero-order valence-electron chi connectivity index (χ0n) is 11.8. The van der Waals surface area contributed by atoms with Gasteiger partial charge in [-0.3, -0.25) is 9.59 Å². The summed E-state index contributed by atoms with van der Waals surface area (Å²) in [4.78, 5) is 28.9. The fourth-order valence-corrected chi connectivity index (χ4v) is 3.74. The summed E-state index contributed by atoms with van der Waals surface area (Å²) in [5.41, 5.74) is -0.707. The Bertz CT molecular complexity index is 403. The highest BCUT2D eigenvalue weighted by Gasteiger charge is 2.47. The summed E-state index contributed by atoms with van der Waals surface area (Å²) in [6, 6.07) is 0.243. The Balaban J connectivity index is 1.83. The van der Waals surface area contributed by atoms with Crippen LogP contribution in [0.2, 0.25) is 0 Å². The number of piperidine rings is 3. The number of piperazine rings is 1. The van der Waals surface area contributed by atoms with Crippen molar-refractivity contribution in [3.05, 3.63) is 0 Å². The van der Waals surface area contributed by atoms with E-state index in [-0.39, 0.29) is 24.4 Å². The SMILES string of the molecule is CCC1(C)NC(=O)CN(C2CN3CCC2CC3)C1=O. The smallest absolute Gasteiger partial charge is 0.248 e. The van der Waals surface area contributed by atoms with Crippen molar-refractivity contribution in [3.63, 3.8) is 0 Å². The highest BCUT2D eigenvalue weighted by Crippen LogP contribution is 2.33. The van der Waals surface area contributed by atoms with Gasteiger partial charge in [0.15, 0.2) is 0 Å². The van der Waals surface area contributed by atoms with Gasteiger partial charge in [0.25, 0.3) is 0 Å². The number of carbonyl (C=O) groups is 2. The van der Waals surface area contributed by atoms with Crippen LogP contribution in [-0.2, 0) is 9.59 Å². The first kappa shape index (κ1) is 12.9. The molecule has 19 heavy (non-hydrogen) atoms.